The van der Waals surface area contributed by atoms with Crippen LogP contribution in [0.4, 0.5) is 0 Å². The number of carbonyl (C=O) groups excluding carboxylic acids is 1. The van der Waals surface area contributed by atoms with Gasteiger partial charge in [0.2, 0.25) is 0 Å². The molecule has 0 unspecified atom stereocenters. The first-order chi connectivity index (χ1) is 7.12. The Bertz CT molecular complexity index is 237. The maximum Gasteiger partial charge on any atom is 0.261 e. The minimum atomic E-state index is -1.86. The lowest BCUT2D eigenvalue weighted by atomic mass is 10.2. The van der Waals surface area contributed by atoms with Crippen molar-refractivity contribution >= 4 is 14.2 Å². The second-order valence-corrected chi connectivity index (χ2v) is 10.3. The lowest BCUT2D eigenvalue weighted by molar-refractivity contribution is -0.128. The highest BCUT2D eigenvalue weighted by atomic mass is 28.4. The van der Waals surface area contributed by atoms with Crippen molar-refractivity contribution in [2.75, 3.05) is 6.54 Å². The topological polar surface area (TPSA) is 50.4 Å². The molecule has 1 amide bonds. The fourth-order valence-corrected chi connectivity index (χ4v) is 2.29. The Morgan fingerprint density at radius 1 is 1.38 bits per heavy atom. The van der Waals surface area contributed by atoms with Crippen molar-refractivity contribution in [3.8, 4) is 0 Å². The van der Waals surface area contributed by atoms with Gasteiger partial charge in [-0.15, -0.1) is 0 Å². The molecule has 0 saturated heterocycles. The quantitative estimate of drug-likeness (QED) is 0.576. The van der Waals surface area contributed by atoms with E-state index >= 15 is 0 Å². The maximum absolute atomic E-state index is 11.6. The Labute approximate surface area is 100 Å². The van der Waals surface area contributed by atoms with Gasteiger partial charge in [-0.05, 0) is 25.1 Å². The van der Waals surface area contributed by atoms with Crippen LogP contribution in [-0.4, -0.2) is 26.9 Å². The third-order valence-corrected chi connectivity index (χ3v) is 7.59. The van der Waals surface area contributed by atoms with E-state index < -0.39 is 14.4 Å². The number of rotatable bonds is 5. The molecule has 0 spiro atoms. The molecule has 0 aliphatic heterocycles. The fraction of sp³-hybridized carbons (Fsp3) is 0.909. The molecule has 0 aliphatic rings. The van der Waals surface area contributed by atoms with Crippen molar-refractivity contribution in [1.82, 2.24) is 10.9 Å². The summed E-state index contributed by atoms with van der Waals surface area (Å²) in [7, 11) is -1.86. The highest BCUT2D eigenvalue weighted by Gasteiger charge is 2.39. The van der Waals surface area contributed by atoms with Crippen LogP contribution in [0.1, 0.15) is 34.6 Å². The summed E-state index contributed by atoms with van der Waals surface area (Å²) in [5, 5.41) is 0.125. The van der Waals surface area contributed by atoms with Crippen LogP contribution in [0.15, 0.2) is 0 Å². The van der Waals surface area contributed by atoms with E-state index in [1.807, 2.05) is 6.92 Å². The van der Waals surface area contributed by atoms with Crippen LogP contribution in [0.2, 0.25) is 18.1 Å². The van der Waals surface area contributed by atoms with Gasteiger partial charge in [0, 0.05) is 6.54 Å². The standard InChI is InChI=1S/C11H26N2O2Si/c1-8-12-13-10(14)9(2)15-16(6,7)11(3,4)5/h9,12H,8H2,1-7H3,(H,13,14)/t9-/m1/s1. The molecule has 0 aliphatic carbocycles. The Hall–Kier alpha value is -0.393. The van der Waals surface area contributed by atoms with Crippen LogP contribution in [0.5, 0.6) is 0 Å². The maximum atomic E-state index is 11.6. The molecule has 0 aromatic heterocycles. The van der Waals surface area contributed by atoms with E-state index in [0.29, 0.717) is 6.54 Å². The first-order valence-electron chi connectivity index (χ1n) is 5.82. The zero-order chi connectivity index (χ0) is 13.0. The molecular weight excluding hydrogens is 220 g/mol. The van der Waals surface area contributed by atoms with Gasteiger partial charge in [0.05, 0.1) is 0 Å². The summed E-state index contributed by atoms with van der Waals surface area (Å²) >= 11 is 0. The normalized spacial score (nSPS) is 14.7. The van der Waals surface area contributed by atoms with Crippen LogP contribution >= 0.6 is 0 Å². The van der Waals surface area contributed by atoms with E-state index in [9.17, 15) is 4.79 Å². The van der Waals surface area contributed by atoms with Gasteiger partial charge in [-0.2, -0.15) is 0 Å². The second-order valence-electron chi connectivity index (χ2n) is 5.54. The number of carbonyl (C=O) groups is 1. The van der Waals surface area contributed by atoms with E-state index in [1.165, 1.54) is 0 Å². The lowest BCUT2D eigenvalue weighted by Crippen LogP contribution is -2.50. The molecule has 2 N–H and O–H groups in total. The molecule has 0 saturated carbocycles. The van der Waals surface area contributed by atoms with Gasteiger partial charge in [0.15, 0.2) is 8.32 Å². The predicted octanol–water partition coefficient (Wildman–Crippen LogP) is 2.04. The monoisotopic (exact) mass is 246 g/mol. The van der Waals surface area contributed by atoms with Crippen molar-refractivity contribution < 1.29 is 9.22 Å². The summed E-state index contributed by atoms with van der Waals surface area (Å²) in [6.07, 6.45) is -0.403. The smallest absolute Gasteiger partial charge is 0.261 e. The third kappa shape index (κ3) is 4.63. The summed E-state index contributed by atoms with van der Waals surface area (Å²) in [6, 6.07) is 0. The number of hydrogen-bond acceptors (Lipinski definition) is 3. The Kier molecular flexibility index (Phi) is 5.65. The highest BCUT2D eigenvalue weighted by Crippen LogP contribution is 2.37. The van der Waals surface area contributed by atoms with E-state index in [-0.39, 0.29) is 10.9 Å². The minimum absolute atomic E-state index is 0.105. The molecule has 0 aromatic rings. The Morgan fingerprint density at radius 2 is 1.88 bits per heavy atom. The molecule has 0 fully saturated rings. The average molecular weight is 246 g/mol. The summed E-state index contributed by atoms with van der Waals surface area (Å²) in [5.41, 5.74) is 5.40. The molecule has 0 bridgehead atoms. The van der Waals surface area contributed by atoms with Crippen molar-refractivity contribution in [1.29, 1.82) is 0 Å². The number of nitrogens with one attached hydrogen (secondary N) is 2. The van der Waals surface area contributed by atoms with Crippen LogP contribution < -0.4 is 10.9 Å². The molecule has 4 nitrogen and oxygen atoms in total. The number of hydrogen-bond donors (Lipinski definition) is 2. The summed E-state index contributed by atoms with van der Waals surface area (Å²) in [4.78, 5) is 11.6. The van der Waals surface area contributed by atoms with E-state index in [2.05, 4.69) is 44.7 Å². The van der Waals surface area contributed by atoms with Crippen LogP contribution in [0.3, 0.4) is 0 Å². The first kappa shape index (κ1) is 15.6. The van der Waals surface area contributed by atoms with Gasteiger partial charge in [-0.25, -0.2) is 5.43 Å². The highest BCUT2D eigenvalue weighted by molar-refractivity contribution is 6.74. The largest absolute Gasteiger partial charge is 0.405 e. The van der Waals surface area contributed by atoms with Gasteiger partial charge in [-0.3, -0.25) is 10.2 Å². The predicted molar refractivity (Wildman–Crippen MR) is 69.6 cm³/mol. The van der Waals surface area contributed by atoms with Crippen molar-refractivity contribution in [3.63, 3.8) is 0 Å². The van der Waals surface area contributed by atoms with Gasteiger partial charge in [0.1, 0.15) is 6.10 Å². The van der Waals surface area contributed by atoms with Crippen LogP contribution in [0.25, 0.3) is 0 Å². The summed E-state index contributed by atoms with van der Waals surface area (Å²) < 4.78 is 5.95. The fourth-order valence-electron chi connectivity index (χ4n) is 0.949. The number of amides is 1. The molecule has 0 aromatic carbocycles. The van der Waals surface area contributed by atoms with E-state index in [0.717, 1.165) is 0 Å². The molecule has 96 valence electrons. The zero-order valence-corrected chi connectivity index (χ0v) is 12.6. The zero-order valence-electron chi connectivity index (χ0n) is 11.6. The molecule has 0 radical (unpaired) electrons. The van der Waals surface area contributed by atoms with Gasteiger partial charge < -0.3 is 4.43 Å². The van der Waals surface area contributed by atoms with Gasteiger partial charge in [0.25, 0.3) is 5.91 Å². The molecule has 5 heteroatoms. The average Bonchev–Trinajstić information content (AvgIpc) is 2.11. The summed E-state index contributed by atoms with van der Waals surface area (Å²) in [6.45, 7) is 15.2. The molecule has 0 heterocycles. The molecule has 0 rings (SSSR count). The van der Waals surface area contributed by atoms with E-state index in [1.54, 1.807) is 6.92 Å². The Morgan fingerprint density at radius 3 is 2.25 bits per heavy atom. The molecule has 1 atom stereocenters. The SMILES string of the molecule is CCNNC(=O)[C@@H](C)O[Si](C)(C)C(C)(C)C. The van der Waals surface area contributed by atoms with Crippen molar-refractivity contribution in [3.05, 3.63) is 0 Å². The van der Waals surface area contributed by atoms with E-state index in [4.69, 9.17) is 4.43 Å². The second kappa shape index (κ2) is 5.79. The lowest BCUT2D eigenvalue weighted by Gasteiger charge is -2.37. The van der Waals surface area contributed by atoms with Gasteiger partial charge in [-0.1, -0.05) is 27.7 Å². The van der Waals surface area contributed by atoms with Crippen molar-refractivity contribution in [2.45, 2.75) is 58.9 Å². The van der Waals surface area contributed by atoms with Crippen LogP contribution in [-0.2, 0) is 9.22 Å². The number of hydrazine groups is 1. The van der Waals surface area contributed by atoms with Crippen LogP contribution in [0, 0.1) is 0 Å². The molecular formula is C11H26N2O2Si. The first-order valence-corrected chi connectivity index (χ1v) is 8.73. The Balaban J connectivity index is 4.33. The minimum Gasteiger partial charge on any atom is -0.405 e. The third-order valence-electron chi connectivity index (χ3n) is 3.04. The van der Waals surface area contributed by atoms with Gasteiger partial charge >= 0.3 is 0 Å². The molecule has 16 heavy (non-hydrogen) atoms. The van der Waals surface area contributed by atoms with Crippen molar-refractivity contribution in [2.24, 2.45) is 0 Å². The summed E-state index contributed by atoms with van der Waals surface area (Å²) in [5.74, 6) is -0.105.